The number of benzene rings is 1. The quantitative estimate of drug-likeness (QED) is 0.760. The molecular weight excluding hydrogens is 233 g/mol. The van der Waals surface area contributed by atoms with E-state index in [1.807, 2.05) is 6.07 Å². The summed E-state index contributed by atoms with van der Waals surface area (Å²) in [6.45, 7) is -3.09. The Morgan fingerprint density at radius 3 is 2.20 bits per heavy atom. The molecule has 0 atom stereocenters. The van der Waals surface area contributed by atoms with E-state index in [1.165, 1.54) is 14.2 Å². The van der Waals surface area contributed by atoms with Gasteiger partial charge >= 0.3 is 6.80 Å². The van der Waals surface area contributed by atoms with Gasteiger partial charge in [-0.25, -0.2) is 4.57 Å². The fourth-order valence-electron chi connectivity index (χ4n) is 0.869. The lowest BCUT2D eigenvalue weighted by atomic mass is 10.2. The second kappa shape index (κ2) is 5.34. The zero-order valence-electron chi connectivity index (χ0n) is 8.34. The summed E-state index contributed by atoms with van der Waals surface area (Å²) >= 11 is 1.01. The molecule has 0 aliphatic heterocycles. The lowest BCUT2D eigenvalue weighted by molar-refractivity contribution is 0.295. The molecule has 0 spiro atoms. The van der Waals surface area contributed by atoms with Crippen molar-refractivity contribution in [3.05, 3.63) is 29.8 Å². The summed E-state index contributed by atoms with van der Waals surface area (Å²) in [4.78, 5) is 0.737. The van der Waals surface area contributed by atoms with Crippen molar-refractivity contribution in [2.75, 3.05) is 14.2 Å². The van der Waals surface area contributed by atoms with E-state index >= 15 is 0 Å². The highest BCUT2D eigenvalue weighted by molar-refractivity contribution is 8.55. The third-order valence-electron chi connectivity index (χ3n) is 1.65. The molecule has 0 N–H and O–H groups in total. The van der Waals surface area contributed by atoms with Crippen molar-refractivity contribution in [1.29, 1.82) is 5.26 Å². The molecule has 0 bridgehead atoms. The molecule has 4 nitrogen and oxygen atoms in total. The van der Waals surface area contributed by atoms with Gasteiger partial charge in [0.15, 0.2) is 0 Å². The zero-order valence-corrected chi connectivity index (χ0v) is 10.0. The van der Waals surface area contributed by atoms with Crippen LogP contribution in [-0.2, 0) is 13.6 Å². The molecule has 0 saturated heterocycles. The Morgan fingerprint density at radius 2 is 1.80 bits per heavy atom. The molecule has 0 unspecified atom stereocenters. The lowest BCUT2D eigenvalue weighted by Gasteiger charge is -2.11. The predicted octanol–water partition coefficient (Wildman–Crippen LogP) is 3.05. The van der Waals surface area contributed by atoms with Crippen LogP contribution in [0.15, 0.2) is 29.2 Å². The molecule has 0 saturated carbocycles. The molecular formula is C9H10NO3PS. The molecule has 0 heterocycles. The van der Waals surface area contributed by atoms with Crippen LogP contribution in [0.3, 0.4) is 0 Å². The Morgan fingerprint density at radius 1 is 1.27 bits per heavy atom. The Hall–Kier alpha value is -0.790. The van der Waals surface area contributed by atoms with E-state index in [4.69, 9.17) is 14.3 Å². The summed E-state index contributed by atoms with van der Waals surface area (Å²) in [6, 6.07) is 8.71. The van der Waals surface area contributed by atoms with Gasteiger partial charge in [-0.15, -0.1) is 0 Å². The molecule has 1 rings (SSSR count). The third-order valence-corrected chi connectivity index (χ3v) is 5.45. The standard InChI is InChI=1S/C9H10NO3PS/c1-12-14(11,13-2)15-9-5-3-8(7-10)4-6-9/h3-6H,1-2H3. The largest absolute Gasteiger partial charge is 0.393 e. The molecule has 80 valence electrons. The van der Waals surface area contributed by atoms with Crippen molar-refractivity contribution in [3.8, 4) is 6.07 Å². The SMILES string of the molecule is COP(=O)(OC)Sc1ccc(C#N)cc1. The van der Waals surface area contributed by atoms with Crippen LogP contribution >= 0.6 is 18.2 Å². The molecule has 1 aromatic rings. The summed E-state index contributed by atoms with van der Waals surface area (Å²) in [5.41, 5.74) is 0.559. The van der Waals surface area contributed by atoms with Crippen LogP contribution in [0.1, 0.15) is 5.56 Å². The average molecular weight is 243 g/mol. The van der Waals surface area contributed by atoms with E-state index in [9.17, 15) is 4.57 Å². The summed E-state index contributed by atoms with van der Waals surface area (Å²) in [5, 5.41) is 8.59. The molecule has 15 heavy (non-hydrogen) atoms. The maximum atomic E-state index is 11.7. The van der Waals surface area contributed by atoms with Crippen LogP contribution in [0.2, 0.25) is 0 Å². The van der Waals surface area contributed by atoms with E-state index in [0.29, 0.717) is 5.56 Å². The fourth-order valence-corrected chi connectivity index (χ4v) is 3.27. The number of hydrogen-bond acceptors (Lipinski definition) is 5. The monoisotopic (exact) mass is 243 g/mol. The summed E-state index contributed by atoms with van der Waals surface area (Å²) in [6.07, 6.45) is 0. The molecule has 0 aliphatic rings. The Labute approximate surface area is 92.5 Å². The molecule has 1 aromatic carbocycles. The smallest absolute Gasteiger partial charge is 0.304 e. The van der Waals surface area contributed by atoms with Crippen LogP contribution < -0.4 is 0 Å². The average Bonchev–Trinajstić information content (AvgIpc) is 2.30. The first kappa shape index (κ1) is 12.3. The van der Waals surface area contributed by atoms with Crippen molar-refractivity contribution in [3.63, 3.8) is 0 Å². The Kier molecular flexibility index (Phi) is 4.37. The molecule has 0 aromatic heterocycles. The van der Waals surface area contributed by atoms with Crippen molar-refractivity contribution in [1.82, 2.24) is 0 Å². The first-order valence-corrected chi connectivity index (χ1v) is 7.01. The van der Waals surface area contributed by atoms with Gasteiger partial charge in [-0.05, 0) is 35.6 Å². The van der Waals surface area contributed by atoms with E-state index in [0.717, 1.165) is 16.3 Å². The van der Waals surface area contributed by atoms with E-state index < -0.39 is 6.80 Å². The maximum Gasteiger partial charge on any atom is 0.393 e. The van der Waals surface area contributed by atoms with E-state index in [-0.39, 0.29) is 0 Å². The van der Waals surface area contributed by atoms with Gasteiger partial charge < -0.3 is 9.05 Å². The summed E-state index contributed by atoms with van der Waals surface area (Å²) < 4.78 is 21.3. The van der Waals surface area contributed by atoms with E-state index in [2.05, 4.69) is 0 Å². The second-order valence-electron chi connectivity index (χ2n) is 2.54. The van der Waals surface area contributed by atoms with Gasteiger partial charge in [-0.1, -0.05) is 0 Å². The van der Waals surface area contributed by atoms with Gasteiger partial charge in [0.25, 0.3) is 0 Å². The van der Waals surface area contributed by atoms with Crippen LogP contribution in [0.25, 0.3) is 0 Å². The van der Waals surface area contributed by atoms with Gasteiger partial charge in [0.05, 0.1) is 11.6 Å². The first-order chi connectivity index (χ1) is 7.13. The molecule has 0 fully saturated rings. The number of hydrogen-bond donors (Lipinski definition) is 0. The van der Waals surface area contributed by atoms with Gasteiger partial charge in [0.1, 0.15) is 0 Å². The van der Waals surface area contributed by atoms with Crippen molar-refractivity contribution >= 4 is 18.2 Å². The Bertz CT molecular complexity index is 404. The minimum absolute atomic E-state index is 0.559. The van der Waals surface area contributed by atoms with Crippen molar-refractivity contribution in [2.45, 2.75) is 4.90 Å². The molecule has 0 aliphatic carbocycles. The van der Waals surface area contributed by atoms with Crippen LogP contribution in [0.4, 0.5) is 0 Å². The van der Waals surface area contributed by atoms with Crippen LogP contribution in [-0.4, -0.2) is 14.2 Å². The van der Waals surface area contributed by atoms with Crippen molar-refractivity contribution in [2.24, 2.45) is 0 Å². The maximum absolute atomic E-state index is 11.7. The number of nitriles is 1. The second-order valence-corrected chi connectivity index (χ2v) is 6.71. The summed E-state index contributed by atoms with van der Waals surface area (Å²) in [7, 11) is 2.67. The topological polar surface area (TPSA) is 59.3 Å². The van der Waals surface area contributed by atoms with Gasteiger partial charge in [-0.3, -0.25) is 0 Å². The first-order valence-electron chi connectivity index (χ1n) is 4.05. The minimum atomic E-state index is -3.09. The Balaban J connectivity index is 2.82. The molecule has 0 radical (unpaired) electrons. The summed E-state index contributed by atoms with van der Waals surface area (Å²) in [5.74, 6) is 0. The fraction of sp³-hybridized carbons (Fsp3) is 0.222. The van der Waals surface area contributed by atoms with Crippen LogP contribution in [0, 0.1) is 11.3 Å². The molecule has 0 amide bonds. The van der Waals surface area contributed by atoms with Gasteiger partial charge in [0, 0.05) is 19.1 Å². The number of rotatable bonds is 4. The van der Waals surface area contributed by atoms with Gasteiger partial charge in [0.2, 0.25) is 0 Å². The third kappa shape index (κ3) is 3.37. The highest BCUT2D eigenvalue weighted by atomic mass is 32.7. The highest BCUT2D eigenvalue weighted by Crippen LogP contribution is 2.62. The predicted molar refractivity (Wildman–Crippen MR) is 58.6 cm³/mol. The van der Waals surface area contributed by atoms with Crippen LogP contribution in [0.5, 0.6) is 0 Å². The zero-order chi connectivity index (χ0) is 11.3. The lowest BCUT2D eigenvalue weighted by Crippen LogP contribution is -1.83. The minimum Gasteiger partial charge on any atom is -0.304 e. The van der Waals surface area contributed by atoms with Crippen molar-refractivity contribution < 1.29 is 13.6 Å². The number of nitrogens with zero attached hydrogens (tertiary/aromatic N) is 1. The normalized spacial score (nSPS) is 11.0. The van der Waals surface area contributed by atoms with Gasteiger partial charge in [-0.2, -0.15) is 5.26 Å². The van der Waals surface area contributed by atoms with E-state index in [1.54, 1.807) is 24.3 Å². The molecule has 6 heteroatoms. The highest BCUT2D eigenvalue weighted by Gasteiger charge is 2.22.